The van der Waals surface area contributed by atoms with Gasteiger partial charge in [0.05, 0.1) is 0 Å². The highest BCUT2D eigenvalue weighted by molar-refractivity contribution is 5.98. The van der Waals surface area contributed by atoms with Gasteiger partial charge in [0.25, 0.3) is 0 Å². The molecular formula is C22H30N4O2. The third kappa shape index (κ3) is 4.87. The quantitative estimate of drug-likeness (QED) is 0.748. The molecule has 3 rings (SSSR count). The molecule has 1 aliphatic heterocycles. The fourth-order valence-electron chi connectivity index (χ4n) is 3.74. The van der Waals surface area contributed by atoms with Gasteiger partial charge in [0.2, 0.25) is 5.91 Å². The summed E-state index contributed by atoms with van der Waals surface area (Å²) in [6, 6.07) is 7.70. The maximum Gasteiger partial charge on any atom is 0.223 e. The molecule has 0 radical (unpaired) electrons. The SMILES string of the molecule is CC(C)Cc1ccc(C(=O)CCC(=O)N2CCNCC2c2nccn2C)cc1. The van der Waals surface area contributed by atoms with Gasteiger partial charge in [-0.3, -0.25) is 9.59 Å². The van der Waals surface area contributed by atoms with Crippen molar-refractivity contribution in [1.29, 1.82) is 0 Å². The Hall–Kier alpha value is -2.47. The largest absolute Gasteiger partial charge is 0.336 e. The molecule has 6 nitrogen and oxygen atoms in total. The molecule has 0 aliphatic carbocycles. The summed E-state index contributed by atoms with van der Waals surface area (Å²) in [6.45, 7) is 6.44. The third-order valence-electron chi connectivity index (χ3n) is 5.21. The first-order chi connectivity index (χ1) is 13.5. The van der Waals surface area contributed by atoms with Crippen LogP contribution in [0.15, 0.2) is 36.7 Å². The van der Waals surface area contributed by atoms with E-state index in [1.165, 1.54) is 5.56 Å². The zero-order valence-corrected chi connectivity index (χ0v) is 17.0. The average molecular weight is 383 g/mol. The van der Waals surface area contributed by atoms with Crippen LogP contribution in [0, 0.1) is 5.92 Å². The zero-order chi connectivity index (χ0) is 20.1. The van der Waals surface area contributed by atoms with Crippen LogP contribution < -0.4 is 5.32 Å². The molecule has 150 valence electrons. The summed E-state index contributed by atoms with van der Waals surface area (Å²) in [5, 5.41) is 3.33. The number of piperazine rings is 1. The summed E-state index contributed by atoms with van der Waals surface area (Å²) in [5.74, 6) is 1.49. The van der Waals surface area contributed by atoms with Gasteiger partial charge in [-0.05, 0) is 17.9 Å². The summed E-state index contributed by atoms with van der Waals surface area (Å²) >= 11 is 0. The van der Waals surface area contributed by atoms with E-state index in [9.17, 15) is 9.59 Å². The Morgan fingerprint density at radius 2 is 1.96 bits per heavy atom. The fraction of sp³-hybridized carbons (Fsp3) is 0.500. The number of nitrogens with one attached hydrogen (secondary N) is 1. The molecule has 1 aromatic carbocycles. The minimum absolute atomic E-state index is 0.0132. The van der Waals surface area contributed by atoms with Crippen molar-refractivity contribution in [3.8, 4) is 0 Å². The first-order valence-corrected chi connectivity index (χ1v) is 10.0. The number of hydrogen-bond acceptors (Lipinski definition) is 4. The lowest BCUT2D eigenvalue weighted by Crippen LogP contribution is -2.49. The Labute approximate surface area is 166 Å². The van der Waals surface area contributed by atoms with E-state index in [2.05, 4.69) is 24.1 Å². The second-order valence-corrected chi connectivity index (χ2v) is 7.92. The van der Waals surface area contributed by atoms with Crippen LogP contribution in [0.5, 0.6) is 0 Å². The number of imidazole rings is 1. The van der Waals surface area contributed by atoms with Gasteiger partial charge in [-0.15, -0.1) is 0 Å². The number of nitrogens with zero attached hydrogens (tertiary/aromatic N) is 3. The Balaban J connectivity index is 1.59. The molecule has 2 heterocycles. The molecule has 1 unspecified atom stereocenters. The van der Waals surface area contributed by atoms with Gasteiger partial charge < -0.3 is 14.8 Å². The number of benzene rings is 1. The second kappa shape index (κ2) is 9.15. The van der Waals surface area contributed by atoms with Crippen molar-refractivity contribution in [3.05, 3.63) is 53.6 Å². The molecule has 0 bridgehead atoms. The maximum absolute atomic E-state index is 12.8. The average Bonchev–Trinajstić information content (AvgIpc) is 3.11. The molecule has 1 fully saturated rings. The molecule has 2 aromatic rings. The highest BCUT2D eigenvalue weighted by Gasteiger charge is 2.30. The van der Waals surface area contributed by atoms with Crippen LogP contribution in [0.2, 0.25) is 0 Å². The van der Waals surface area contributed by atoms with Gasteiger partial charge in [-0.1, -0.05) is 38.1 Å². The van der Waals surface area contributed by atoms with Crippen molar-refractivity contribution in [2.75, 3.05) is 19.6 Å². The Kier molecular flexibility index (Phi) is 6.62. The van der Waals surface area contributed by atoms with Crippen LogP contribution >= 0.6 is 0 Å². The molecule has 1 aliphatic rings. The summed E-state index contributed by atoms with van der Waals surface area (Å²) in [5.41, 5.74) is 1.92. The van der Waals surface area contributed by atoms with Crippen molar-refractivity contribution in [1.82, 2.24) is 19.8 Å². The first-order valence-electron chi connectivity index (χ1n) is 10.0. The van der Waals surface area contributed by atoms with Gasteiger partial charge in [0.1, 0.15) is 11.9 Å². The number of aryl methyl sites for hydroxylation is 1. The lowest BCUT2D eigenvalue weighted by atomic mass is 9.99. The van der Waals surface area contributed by atoms with Gasteiger partial charge in [-0.25, -0.2) is 4.98 Å². The zero-order valence-electron chi connectivity index (χ0n) is 17.0. The van der Waals surface area contributed by atoms with Gasteiger partial charge >= 0.3 is 0 Å². The van der Waals surface area contributed by atoms with E-state index in [0.717, 1.165) is 18.8 Å². The van der Waals surface area contributed by atoms with Crippen molar-refractivity contribution in [2.24, 2.45) is 13.0 Å². The van der Waals surface area contributed by atoms with Crippen LogP contribution in [-0.2, 0) is 18.3 Å². The number of amides is 1. The monoisotopic (exact) mass is 382 g/mol. The molecule has 1 N–H and O–H groups in total. The van der Waals surface area contributed by atoms with Crippen LogP contribution in [0.1, 0.15) is 54.5 Å². The van der Waals surface area contributed by atoms with Gasteiger partial charge in [-0.2, -0.15) is 0 Å². The second-order valence-electron chi connectivity index (χ2n) is 7.92. The minimum atomic E-state index is -0.0910. The lowest BCUT2D eigenvalue weighted by Gasteiger charge is -2.35. The topological polar surface area (TPSA) is 67.2 Å². The number of Topliss-reactive ketones (excluding diaryl/α,β-unsaturated/α-hetero) is 1. The van der Waals surface area contributed by atoms with E-state index in [4.69, 9.17) is 0 Å². The van der Waals surface area contributed by atoms with Crippen LogP contribution in [0.3, 0.4) is 0 Å². The van der Waals surface area contributed by atoms with E-state index >= 15 is 0 Å². The fourth-order valence-corrected chi connectivity index (χ4v) is 3.74. The summed E-state index contributed by atoms with van der Waals surface area (Å²) in [4.78, 5) is 31.6. The molecule has 1 atom stereocenters. The van der Waals surface area contributed by atoms with Gasteiger partial charge in [0, 0.05) is 57.5 Å². The normalized spacial score (nSPS) is 17.1. The standard InChI is InChI=1S/C22H30N4O2/c1-16(2)14-17-4-6-18(7-5-17)20(27)8-9-21(28)26-13-10-23-15-19(26)22-24-11-12-25(22)3/h4-7,11-12,16,19,23H,8-10,13-15H2,1-3H3. The van der Waals surface area contributed by atoms with Crippen molar-refractivity contribution >= 4 is 11.7 Å². The molecular weight excluding hydrogens is 352 g/mol. The number of hydrogen-bond donors (Lipinski definition) is 1. The highest BCUT2D eigenvalue weighted by Crippen LogP contribution is 2.22. The number of aromatic nitrogens is 2. The first kappa shape index (κ1) is 20.3. The van der Waals surface area contributed by atoms with E-state index in [-0.39, 0.29) is 30.6 Å². The maximum atomic E-state index is 12.8. The summed E-state index contributed by atoms with van der Waals surface area (Å²) < 4.78 is 1.95. The molecule has 6 heteroatoms. The molecule has 0 spiro atoms. The van der Waals surface area contributed by atoms with Gasteiger partial charge in [0.15, 0.2) is 5.78 Å². The Bertz CT molecular complexity index is 810. The molecule has 0 saturated carbocycles. The highest BCUT2D eigenvalue weighted by atomic mass is 16.2. The summed E-state index contributed by atoms with van der Waals surface area (Å²) in [6.07, 6.45) is 5.11. The lowest BCUT2D eigenvalue weighted by molar-refractivity contribution is -0.134. The summed E-state index contributed by atoms with van der Waals surface area (Å²) in [7, 11) is 1.94. The number of carbonyl (C=O) groups is 2. The van der Waals surface area contributed by atoms with Crippen LogP contribution in [0.25, 0.3) is 0 Å². The number of carbonyl (C=O) groups excluding carboxylic acids is 2. The predicted octanol–water partition coefficient (Wildman–Crippen LogP) is 2.75. The molecule has 1 aromatic heterocycles. The van der Waals surface area contributed by atoms with E-state index in [1.54, 1.807) is 6.20 Å². The molecule has 28 heavy (non-hydrogen) atoms. The van der Waals surface area contributed by atoms with E-state index in [0.29, 0.717) is 24.6 Å². The van der Waals surface area contributed by atoms with E-state index < -0.39 is 0 Å². The van der Waals surface area contributed by atoms with Crippen molar-refractivity contribution in [2.45, 2.75) is 39.2 Å². The predicted molar refractivity (Wildman–Crippen MR) is 109 cm³/mol. The molecule has 1 amide bonds. The van der Waals surface area contributed by atoms with Crippen LogP contribution in [-0.4, -0.2) is 45.8 Å². The van der Waals surface area contributed by atoms with Crippen molar-refractivity contribution < 1.29 is 9.59 Å². The number of rotatable bonds is 7. The molecule has 1 saturated heterocycles. The Morgan fingerprint density at radius 3 is 2.61 bits per heavy atom. The Morgan fingerprint density at radius 1 is 1.21 bits per heavy atom. The van der Waals surface area contributed by atoms with Crippen molar-refractivity contribution in [3.63, 3.8) is 0 Å². The van der Waals surface area contributed by atoms with E-state index in [1.807, 2.05) is 47.0 Å². The minimum Gasteiger partial charge on any atom is -0.336 e. The number of ketones is 1. The van der Waals surface area contributed by atoms with Crippen LogP contribution in [0.4, 0.5) is 0 Å². The smallest absolute Gasteiger partial charge is 0.223 e. The third-order valence-corrected chi connectivity index (χ3v) is 5.21.